The fourth-order valence-electron chi connectivity index (χ4n) is 5.87. The number of aromatic hydroxyl groups is 1. The van der Waals surface area contributed by atoms with Crippen molar-refractivity contribution in [1.82, 2.24) is 9.88 Å². The molecule has 8 nitrogen and oxygen atoms in total. The second-order valence-electron chi connectivity index (χ2n) is 11.0. The Morgan fingerprint density at radius 3 is 2.54 bits per heavy atom. The Bertz CT molecular complexity index is 1630. The Morgan fingerprint density at radius 1 is 1.00 bits per heavy atom. The monoisotopic (exact) mass is 550 g/mol. The number of nitrogens with zero attached hydrogens (tertiary/aromatic N) is 3. The van der Waals surface area contributed by atoms with Crippen molar-refractivity contribution in [3.63, 3.8) is 0 Å². The van der Waals surface area contributed by atoms with Crippen LogP contribution in [0.1, 0.15) is 46.8 Å². The van der Waals surface area contributed by atoms with Crippen LogP contribution in [0.2, 0.25) is 0 Å². The normalized spacial score (nSPS) is 16.2. The van der Waals surface area contributed by atoms with E-state index in [4.69, 9.17) is 9.73 Å². The molecule has 0 radical (unpaired) electrons. The van der Waals surface area contributed by atoms with Gasteiger partial charge in [0.05, 0.1) is 36.2 Å². The molecule has 6 rings (SSSR count). The van der Waals surface area contributed by atoms with Crippen molar-refractivity contribution in [1.29, 1.82) is 0 Å². The molecule has 3 aromatic carbocycles. The van der Waals surface area contributed by atoms with Gasteiger partial charge in [-0.15, -0.1) is 0 Å². The topological polar surface area (TPSA) is 98.2 Å². The summed E-state index contributed by atoms with van der Waals surface area (Å²) >= 11 is 0. The Hall–Kier alpha value is -4.43. The van der Waals surface area contributed by atoms with Crippen LogP contribution in [-0.4, -0.2) is 65.9 Å². The molecule has 41 heavy (non-hydrogen) atoms. The quantitative estimate of drug-likeness (QED) is 0.246. The van der Waals surface area contributed by atoms with Gasteiger partial charge in [-0.3, -0.25) is 9.69 Å². The van der Waals surface area contributed by atoms with Crippen molar-refractivity contribution < 1.29 is 19.4 Å². The van der Waals surface area contributed by atoms with Crippen LogP contribution in [0.15, 0.2) is 71.7 Å². The van der Waals surface area contributed by atoms with E-state index in [9.17, 15) is 14.7 Å². The molecule has 4 aromatic rings. The number of piperidine rings is 1. The summed E-state index contributed by atoms with van der Waals surface area (Å²) in [5.74, 6) is 0.400. The minimum atomic E-state index is -0.448. The molecular weight excluding hydrogens is 516 g/mol. The number of aromatic amines is 1. The summed E-state index contributed by atoms with van der Waals surface area (Å²) in [6, 6.07) is 20.8. The number of aromatic nitrogens is 1. The fraction of sp³-hybridized carbons (Fsp3) is 0.303. The van der Waals surface area contributed by atoms with E-state index in [1.165, 1.54) is 7.11 Å². The van der Waals surface area contributed by atoms with Gasteiger partial charge in [-0.25, -0.2) is 9.79 Å². The number of H-pyrrole nitrogens is 1. The average molecular weight is 551 g/mol. The molecule has 210 valence electrons. The number of anilines is 1. The van der Waals surface area contributed by atoms with Crippen molar-refractivity contribution in [3.8, 4) is 5.88 Å². The SMILES string of the molecule is COC(=O)c1ccc2c(C(=Nc3ccc4c(c3)CCN4C(=O)CN3CCC(C)CC3)c3ccccc3)c(O)[nH]c2c1. The lowest BCUT2D eigenvalue weighted by Gasteiger charge is -2.31. The van der Waals surface area contributed by atoms with Gasteiger partial charge >= 0.3 is 5.97 Å². The van der Waals surface area contributed by atoms with Gasteiger partial charge in [-0.1, -0.05) is 43.3 Å². The number of nitrogens with one attached hydrogen (secondary N) is 1. The zero-order valence-electron chi connectivity index (χ0n) is 23.4. The lowest BCUT2D eigenvalue weighted by Crippen LogP contribution is -2.42. The molecule has 1 fully saturated rings. The number of likely N-dealkylation sites (tertiary alicyclic amines) is 1. The highest BCUT2D eigenvalue weighted by atomic mass is 16.5. The molecule has 2 N–H and O–H groups in total. The number of aliphatic imine (C=N–C) groups is 1. The molecule has 3 heterocycles. The van der Waals surface area contributed by atoms with Crippen molar-refractivity contribution in [2.75, 3.05) is 38.2 Å². The van der Waals surface area contributed by atoms with E-state index >= 15 is 0 Å². The van der Waals surface area contributed by atoms with Crippen molar-refractivity contribution in [3.05, 3.63) is 89.0 Å². The molecule has 8 heteroatoms. The van der Waals surface area contributed by atoms with Crippen molar-refractivity contribution >= 4 is 39.9 Å². The van der Waals surface area contributed by atoms with Gasteiger partial charge in [0.25, 0.3) is 0 Å². The first kappa shape index (κ1) is 26.8. The Labute approximate surface area is 239 Å². The first-order valence-corrected chi connectivity index (χ1v) is 14.1. The number of ether oxygens (including phenoxy) is 1. The lowest BCUT2D eigenvalue weighted by atomic mass is 9.99. The standard InChI is InChI=1S/C33H34N4O4/c1-21-12-15-36(16-13-21)20-29(38)37-17-14-23-18-25(9-11-28(23)37)34-31(22-6-4-3-5-7-22)30-26-10-8-24(33(40)41-2)19-27(26)35-32(30)39/h3-11,18-19,21,35,39H,12-17,20H2,1-2H3. The first-order chi connectivity index (χ1) is 19.9. The second kappa shape index (κ2) is 11.2. The van der Waals surface area contributed by atoms with Crippen LogP contribution in [0.3, 0.4) is 0 Å². The summed E-state index contributed by atoms with van der Waals surface area (Å²) in [6.45, 7) is 5.37. The molecule has 0 atom stereocenters. The minimum Gasteiger partial charge on any atom is -0.494 e. The van der Waals surface area contributed by atoms with E-state index < -0.39 is 5.97 Å². The molecule has 0 aliphatic carbocycles. The summed E-state index contributed by atoms with van der Waals surface area (Å²) in [6.07, 6.45) is 3.07. The molecular formula is C33H34N4O4. The molecule has 1 amide bonds. The third-order valence-corrected chi connectivity index (χ3v) is 8.22. The van der Waals surface area contributed by atoms with Gasteiger partial charge in [0.15, 0.2) is 5.88 Å². The zero-order valence-corrected chi connectivity index (χ0v) is 23.4. The third-order valence-electron chi connectivity index (χ3n) is 8.22. The maximum Gasteiger partial charge on any atom is 0.337 e. The van der Waals surface area contributed by atoms with Crippen LogP contribution >= 0.6 is 0 Å². The van der Waals surface area contributed by atoms with E-state index in [0.717, 1.165) is 66.2 Å². The molecule has 1 aromatic heterocycles. The summed E-state index contributed by atoms with van der Waals surface area (Å²) in [7, 11) is 1.34. The molecule has 0 saturated carbocycles. The summed E-state index contributed by atoms with van der Waals surface area (Å²) in [5, 5.41) is 11.8. The molecule has 0 spiro atoms. The van der Waals surface area contributed by atoms with Gasteiger partial charge in [0.1, 0.15) is 0 Å². The number of rotatable bonds is 6. The van der Waals surface area contributed by atoms with E-state index in [0.29, 0.717) is 35.4 Å². The molecule has 1 saturated heterocycles. The number of carbonyl (C=O) groups excluding carboxylic acids is 2. The predicted molar refractivity (Wildman–Crippen MR) is 160 cm³/mol. The maximum atomic E-state index is 13.2. The second-order valence-corrected chi connectivity index (χ2v) is 11.0. The Morgan fingerprint density at radius 2 is 1.78 bits per heavy atom. The van der Waals surface area contributed by atoms with Gasteiger partial charge in [0.2, 0.25) is 5.91 Å². The van der Waals surface area contributed by atoms with Crippen LogP contribution < -0.4 is 4.90 Å². The smallest absolute Gasteiger partial charge is 0.337 e. The fourth-order valence-corrected chi connectivity index (χ4v) is 5.87. The van der Waals surface area contributed by atoms with Crippen LogP contribution in [0.25, 0.3) is 10.9 Å². The Balaban J connectivity index is 1.33. The highest BCUT2D eigenvalue weighted by Crippen LogP contribution is 2.35. The van der Waals surface area contributed by atoms with E-state index in [1.807, 2.05) is 53.4 Å². The van der Waals surface area contributed by atoms with Gasteiger partial charge in [0, 0.05) is 28.7 Å². The molecule has 2 aliphatic heterocycles. The number of carbonyl (C=O) groups is 2. The average Bonchev–Trinajstić information content (AvgIpc) is 3.56. The highest BCUT2D eigenvalue weighted by molar-refractivity contribution is 6.22. The van der Waals surface area contributed by atoms with Gasteiger partial charge in [-0.05, 0) is 74.2 Å². The largest absolute Gasteiger partial charge is 0.494 e. The van der Waals surface area contributed by atoms with E-state index in [2.05, 4.69) is 16.8 Å². The predicted octanol–water partition coefficient (Wildman–Crippen LogP) is 5.45. The highest BCUT2D eigenvalue weighted by Gasteiger charge is 2.28. The number of hydrogen-bond donors (Lipinski definition) is 2. The maximum absolute atomic E-state index is 13.2. The van der Waals surface area contributed by atoms with Gasteiger partial charge < -0.3 is 19.7 Å². The minimum absolute atomic E-state index is 0.0327. The van der Waals surface area contributed by atoms with Crippen LogP contribution in [0, 0.1) is 5.92 Å². The zero-order chi connectivity index (χ0) is 28.5. The number of hydrogen-bond acceptors (Lipinski definition) is 6. The number of amides is 1. The first-order valence-electron chi connectivity index (χ1n) is 14.1. The summed E-state index contributed by atoms with van der Waals surface area (Å²) in [5.41, 5.74) is 5.77. The third kappa shape index (κ3) is 5.35. The summed E-state index contributed by atoms with van der Waals surface area (Å²) in [4.78, 5) is 37.5. The van der Waals surface area contributed by atoms with Crippen molar-refractivity contribution in [2.45, 2.75) is 26.2 Å². The number of methoxy groups -OCH3 is 1. The Kier molecular flexibility index (Phi) is 7.32. The van der Waals surface area contributed by atoms with Crippen molar-refractivity contribution in [2.24, 2.45) is 10.9 Å². The van der Waals surface area contributed by atoms with Crippen LogP contribution in [-0.2, 0) is 16.0 Å². The van der Waals surface area contributed by atoms with E-state index in [-0.39, 0.29) is 11.8 Å². The number of fused-ring (bicyclic) bond motifs is 2. The molecule has 0 bridgehead atoms. The molecule has 0 unspecified atom stereocenters. The lowest BCUT2D eigenvalue weighted by molar-refractivity contribution is -0.120. The number of esters is 1. The van der Waals surface area contributed by atoms with Gasteiger partial charge in [-0.2, -0.15) is 0 Å². The number of benzene rings is 3. The molecule has 2 aliphatic rings. The van der Waals surface area contributed by atoms with E-state index in [1.54, 1.807) is 18.2 Å². The van der Waals surface area contributed by atoms with Crippen LogP contribution in [0.5, 0.6) is 5.88 Å². The summed E-state index contributed by atoms with van der Waals surface area (Å²) < 4.78 is 4.85. The van der Waals surface area contributed by atoms with Crippen LogP contribution in [0.4, 0.5) is 11.4 Å².